The molecule has 0 amide bonds. The summed E-state index contributed by atoms with van der Waals surface area (Å²) in [7, 11) is 0. The van der Waals surface area contributed by atoms with Gasteiger partial charge in [0.25, 0.3) is 0 Å². The number of hydrogen-bond donors (Lipinski definition) is 1. The van der Waals surface area contributed by atoms with E-state index in [0.29, 0.717) is 0 Å². The molecule has 2 heteroatoms. The summed E-state index contributed by atoms with van der Waals surface area (Å²) in [6.45, 7) is 3.85. The third-order valence-electron chi connectivity index (χ3n) is 3.83. The Morgan fingerprint density at radius 3 is 2.40 bits per heavy atom. The van der Waals surface area contributed by atoms with E-state index in [-0.39, 0.29) is 0 Å². The van der Waals surface area contributed by atoms with Crippen LogP contribution in [0.1, 0.15) is 23.6 Å². The standard InChI is InChI=1S/C18H17NO/c1-13-7-3-4-10-15(13)18(2,20)16-11-5-8-14-9-6-12-19-17(14)16/h3-12,20H,1-2H3. The minimum Gasteiger partial charge on any atom is -0.381 e. The van der Waals surface area contributed by atoms with Gasteiger partial charge in [0, 0.05) is 17.1 Å². The zero-order chi connectivity index (χ0) is 14.2. The van der Waals surface area contributed by atoms with Gasteiger partial charge in [-0.05, 0) is 31.0 Å². The van der Waals surface area contributed by atoms with Gasteiger partial charge in [0.15, 0.2) is 0 Å². The van der Waals surface area contributed by atoms with Crippen LogP contribution in [0.4, 0.5) is 0 Å². The van der Waals surface area contributed by atoms with E-state index in [1.807, 2.05) is 68.4 Å². The van der Waals surface area contributed by atoms with Gasteiger partial charge in [-0.3, -0.25) is 4.98 Å². The molecule has 0 saturated heterocycles. The molecule has 0 aliphatic heterocycles. The van der Waals surface area contributed by atoms with Crippen LogP contribution in [-0.2, 0) is 5.60 Å². The summed E-state index contributed by atoms with van der Waals surface area (Å²) in [5, 5.41) is 12.1. The molecular weight excluding hydrogens is 246 g/mol. The Labute approximate surface area is 118 Å². The average Bonchev–Trinajstić information content (AvgIpc) is 2.47. The summed E-state index contributed by atoms with van der Waals surface area (Å²) >= 11 is 0. The van der Waals surface area contributed by atoms with Crippen LogP contribution in [0, 0.1) is 6.92 Å². The molecule has 1 unspecified atom stereocenters. The number of rotatable bonds is 2. The number of para-hydroxylation sites is 1. The van der Waals surface area contributed by atoms with Gasteiger partial charge in [0.2, 0.25) is 0 Å². The lowest BCUT2D eigenvalue weighted by Crippen LogP contribution is -2.24. The topological polar surface area (TPSA) is 33.1 Å². The number of aliphatic hydroxyl groups is 1. The lowest BCUT2D eigenvalue weighted by atomic mass is 9.84. The van der Waals surface area contributed by atoms with Crippen molar-refractivity contribution in [1.82, 2.24) is 4.98 Å². The van der Waals surface area contributed by atoms with Crippen LogP contribution in [0.5, 0.6) is 0 Å². The molecule has 0 spiro atoms. The molecule has 2 nitrogen and oxygen atoms in total. The maximum atomic E-state index is 11.1. The maximum absolute atomic E-state index is 11.1. The normalized spacial score (nSPS) is 14.2. The first-order chi connectivity index (χ1) is 9.60. The number of nitrogens with zero attached hydrogens (tertiary/aromatic N) is 1. The highest BCUT2D eigenvalue weighted by atomic mass is 16.3. The Morgan fingerprint density at radius 1 is 0.900 bits per heavy atom. The molecule has 3 aromatic rings. The van der Waals surface area contributed by atoms with Crippen molar-refractivity contribution >= 4 is 10.9 Å². The van der Waals surface area contributed by atoms with E-state index in [4.69, 9.17) is 0 Å². The van der Waals surface area contributed by atoms with Crippen LogP contribution in [0.3, 0.4) is 0 Å². The molecule has 1 aromatic heterocycles. The van der Waals surface area contributed by atoms with Gasteiger partial charge < -0.3 is 5.11 Å². The minimum absolute atomic E-state index is 0.838. The zero-order valence-corrected chi connectivity index (χ0v) is 11.7. The monoisotopic (exact) mass is 263 g/mol. The first-order valence-electron chi connectivity index (χ1n) is 6.73. The molecule has 0 radical (unpaired) electrons. The quantitative estimate of drug-likeness (QED) is 0.763. The Hall–Kier alpha value is -2.19. The van der Waals surface area contributed by atoms with Gasteiger partial charge in [-0.2, -0.15) is 0 Å². The molecule has 2 aromatic carbocycles. The fraction of sp³-hybridized carbons (Fsp3) is 0.167. The van der Waals surface area contributed by atoms with Gasteiger partial charge in [-0.25, -0.2) is 0 Å². The molecule has 0 fully saturated rings. The molecular formula is C18H17NO. The van der Waals surface area contributed by atoms with Crippen LogP contribution >= 0.6 is 0 Å². The van der Waals surface area contributed by atoms with Crippen molar-refractivity contribution < 1.29 is 5.11 Å². The Morgan fingerprint density at radius 2 is 1.60 bits per heavy atom. The number of benzene rings is 2. The van der Waals surface area contributed by atoms with Crippen LogP contribution in [0.2, 0.25) is 0 Å². The highest BCUT2D eigenvalue weighted by Crippen LogP contribution is 2.34. The number of pyridine rings is 1. The van der Waals surface area contributed by atoms with E-state index < -0.39 is 5.60 Å². The van der Waals surface area contributed by atoms with Gasteiger partial charge in [-0.1, -0.05) is 48.5 Å². The number of hydrogen-bond acceptors (Lipinski definition) is 2. The SMILES string of the molecule is Cc1ccccc1C(C)(O)c1cccc2cccnc12. The predicted octanol–water partition coefficient (Wildman–Crippen LogP) is 3.80. The lowest BCUT2D eigenvalue weighted by molar-refractivity contribution is 0.103. The third-order valence-corrected chi connectivity index (χ3v) is 3.83. The predicted molar refractivity (Wildman–Crippen MR) is 81.6 cm³/mol. The molecule has 0 bridgehead atoms. The molecule has 0 aliphatic carbocycles. The molecule has 0 saturated carbocycles. The fourth-order valence-corrected chi connectivity index (χ4v) is 2.76. The molecule has 0 aliphatic rings. The smallest absolute Gasteiger partial charge is 0.114 e. The van der Waals surface area contributed by atoms with E-state index in [1.165, 1.54) is 0 Å². The molecule has 1 N–H and O–H groups in total. The summed E-state index contributed by atoms with van der Waals surface area (Å²) in [6, 6.07) is 17.8. The van der Waals surface area contributed by atoms with E-state index in [0.717, 1.165) is 27.6 Å². The maximum Gasteiger partial charge on any atom is 0.114 e. The summed E-state index contributed by atoms with van der Waals surface area (Å²) in [5.41, 5.74) is 2.62. The van der Waals surface area contributed by atoms with Crippen molar-refractivity contribution in [2.45, 2.75) is 19.4 Å². The number of aryl methyl sites for hydroxylation is 1. The largest absolute Gasteiger partial charge is 0.381 e. The lowest BCUT2D eigenvalue weighted by Gasteiger charge is -2.27. The summed E-state index contributed by atoms with van der Waals surface area (Å²) < 4.78 is 0. The van der Waals surface area contributed by atoms with Crippen LogP contribution in [-0.4, -0.2) is 10.1 Å². The summed E-state index contributed by atoms with van der Waals surface area (Å²) in [5.74, 6) is 0. The number of aromatic nitrogens is 1. The molecule has 3 rings (SSSR count). The second kappa shape index (κ2) is 4.73. The molecule has 1 atom stereocenters. The van der Waals surface area contributed by atoms with Crippen molar-refractivity contribution in [2.24, 2.45) is 0 Å². The van der Waals surface area contributed by atoms with E-state index in [2.05, 4.69) is 4.98 Å². The van der Waals surface area contributed by atoms with E-state index in [1.54, 1.807) is 6.20 Å². The first kappa shape index (κ1) is 12.8. The summed E-state index contributed by atoms with van der Waals surface area (Å²) in [4.78, 5) is 4.44. The minimum atomic E-state index is -1.06. The van der Waals surface area contributed by atoms with Crippen molar-refractivity contribution in [1.29, 1.82) is 0 Å². The van der Waals surface area contributed by atoms with Gasteiger partial charge >= 0.3 is 0 Å². The van der Waals surface area contributed by atoms with E-state index >= 15 is 0 Å². The van der Waals surface area contributed by atoms with Gasteiger partial charge in [0.05, 0.1) is 5.52 Å². The highest BCUT2D eigenvalue weighted by Gasteiger charge is 2.29. The van der Waals surface area contributed by atoms with Crippen molar-refractivity contribution in [3.63, 3.8) is 0 Å². The first-order valence-corrected chi connectivity index (χ1v) is 6.73. The molecule has 100 valence electrons. The van der Waals surface area contributed by atoms with Gasteiger partial charge in [-0.15, -0.1) is 0 Å². The van der Waals surface area contributed by atoms with Crippen LogP contribution < -0.4 is 0 Å². The number of fused-ring (bicyclic) bond motifs is 1. The Bertz CT molecular complexity index is 757. The second-order valence-corrected chi connectivity index (χ2v) is 5.27. The second-order valence-electron chi connectivity index (χ2n) is 5.27. The Kier molecular flexibility index (Phi) is 3.03. The molecule has 1 heterocycles. The molecule has 20 heavy (non-hydrogen) atoms. The third kappa shape index (κ3) is 1.98. The van der Waals surface area contributed by atoms with Crippen molar-refractivity contribution in [3.05, 3.63) is 77.5 Å². The van der Waals surface area contributed by atoms with Crippen molar-refractivity contribution in [2.75, 3.05) is 0 Å². The zero-order valence-electron chi connectivity index (χ0n) is 11.7. The summed E-state index contributed by atoms with van der Waals surface area (Å²) in [6.07, 6.45) is 1.76. The fourth-order valence-electron chi connectivity index (χ4n) is 2.76. The van der Waals surface area contributed by atoms with Crippen LogP contribution in [0.15, 0.2) is 60.8 Å². The average molecular weight is 263 g/mol. The van der Waals surface area contributed by atoms with Crippen molar-refractivity contribution in [3.8, 4) is 0 Å². The highest BCUT2D eigenvalue weighted by molar-refractivity contribution is 5.83. The van der Waals surface area contributed by atoms with E-state index in [9.17, 15) is 5.11 Å². The van der Waals surface area contributed by atoms with Gasteiger partial charge in [0.1, 0.15) is 5.60 Å². The van der Waals surface area contributed by atoms with Crippen LogP contribution in [0.25, 0.3) is 10.9 Å². The Balaban J connectivity index is 2.27.